The number of hydrogen-bond acceptors (Lipinski definition) is 7. The number of amides is 1. The Bertz CT molecular complexity index is 669. The van der Waals surface area contributed by atoms with Crippen molar-refractivity contribution in [2.75, 3.05) is 6.54 Å². The van der Waals surface area contributed by atoms with Gasteiger partial charge in [-0.25, -0.2) is 9.97 Å². The van der Waals surface area contributed by atoms with Crippen LogP contribution in [0.1, 0.15) is 44.4 Å². The molecule has 1 aliphatic carbocycles. The first-order valence-electron chi connectivity index (χ1n) is 8.85. The molecule has 1 fully saturated rings. The Morgan fingerprint density at radius 1 is 1.24 bits per heavy atom. The van der Waals surface area contributed by atoms with Gasteiger partial charge in [0.25, 0.3) is 0 Å². The molecule has 0 aliphatic heterocycles. The van der Waals surface area contributed by atoms with Crippen LogP contribution >= 0.6 is 0 Å². The molecule has 2 aromatic heterocycles. The van der Waals surface area contributed by atoms with Crippen molar-refractivity contribution >= 4 is 5.91 Å². The molecule has 1 amide bonds. The SMILES string of the molecule is NCC(NC(=O)CCc1nc(-c2ncccn2)no1)C1CCCCC1. The van der Waals surface area contributed by atoms with E-state index in [2.05, 4.69) is 25.4 Å². The fourth-order valence-electron chi connectivity index (χ4n) is 3.27. The van der Waals surface area contributed by atoms with Gasteiger partial charge in [0.2, 0.25) is 23.4 Å². The summed E-state index contributed by atoms with van der Waals surface area (Å²) >= 11 is 0. The van der Waals surface area contributed by atoms with Gasteiger partial charge in [0.05, 0.1) is 0 Å². The van der Waals surface area contributed by atoms with E-state index < -0.39 is 0 Å². The van der Waals surface area contributed by atoms with Crippen LogP contribution in [0.3, 0.4) is 0 Å². The summed E-state index contributed by atoms with van der Waals surface area (Å²) in [5.41, 5.74) is 5.86. The van der Waals surface area contributed by atoms with Crippen LogP contribution in [0.15, 0.2) is 23.0 Å². The Labute approximate surface area is 146 Å². The van der Waals surface area contributed by atoms with Gasteiger partial charge in [0, 0.05) is 37.8 Å². The Kier molecular flexibility index (Phi) is 6.05. The second kappa shape index (κ2) is 8.66. The number of aryl methyl sites for hydroxylation is 1. The lowest BCUT2D eigenvalue weighted by Gasteiger charge is -2.30. The summed E-state index contributed by atoms with van der Waals surface area (Å²) in [6.45, 7) is 0.479. The van der Waals surface area contributed by atoms with E-state index in [-0.39, 0.29) is 11.9 Å². The third kappa shape index (κ3) is 4.82. The number of carbonyl (C=O) groups is 1. The van der Waals surface area contributed by atoms with E-state index in [0.29, 0.717) is 42.8 Å². The van der Waals surface area contributed by atoms with Crippen molar-refractivity contribution in [2.45, 2.75) is 51.0 Å². The lowest BCUT2D eigenvalue weighted by Crippen LogP contribution is -2.46. The van der Waals surface area contributed by atoms with E-state index in [1.807, 2.05) is 0 Å². The number of rotatable bonds is 7. The van der Waals surface area contributed by atoms with E-state index in [4.69, 9.17) is 10.3 Å². The number of carbonyl (C=O) groups excluding carboxylic acids is 1. The number of aromatic nitrogens is 4. The summed E-state index contributed by atoms with van der Waals surface area (Å²) in [7, 11) is 0. The highest BCUT2D eigenvalue weighted by Gasteiger charge is 2.24. The predicted octanol–water partition coefficient (Wildman–Crippen LogP) is 1.48. The van der Waals surface area contributed by atoms with Crippen LogP contribution < -0.4 is 11.1 Å². The third-order valence-corrected chi connectivity index (χ3v) is 4.62. The number of nitrogens with two attached hydrogens (primary N) is 1. The molecule has 3 N–H and O–H groups in total. The normalized spacial score (nSPS) is 16.5. The Balaban J connectivity index is 1.49. The van der Waals surface area contributed by atoms with E-state index in [0.717, 1.165) is 12.8 Å². The van der Waals surface area contributed by atoms with Gasteiger partial charge in [0.1, 0.15) is 0 Å². The lowest BCUT2D eigenvalue weighted by atomic mass is 9.84. The molecule has 2 heterocycles. The van der Waals surface area contributed by atoms with Gasteiger partial charge in [-0.05, 0) is 24.8 Å². The minimum Gasteiger partial charge on any atom is -0.352 e. The number of hydrogen-bond donors (Lipinski definition) is 2. The van der Waals surface area contributed by atoms with E-state index in [9.17, 15) is 4.79 Å². The summed E-state index contributed by atoms with van der Waals surface area (Å²) in [5, 5.41) is 6.92. The van der Waals surface area contributed by atoms with Crippen LogP contribution in [0.2, 0.25) is 0 Å². The number of nitrogens with one attached hydrogen (secondary N) is 1. The fraction of sp³-hybridized carbons (Fsp3) is 0.588. The van der Waals surface area contributed by atoms with E-state index in [1.54, 1.807) is 18.5 Å². The fourth-order valence-corrected chi connectivity index (χ4v) is 3.27. The average molecular weight is 344 g/mol. The molecule has 8 heteroatoms. The average Bonchev–Trinajstić information content (AvgIpc) is 3.15. The van der Waals surface area contributed by atoms with Crippen LogP contribution in [-0.4, -0.2) is 38.6 Å². The standard InChI is InChI=1S/C17H24N6O2/c18-11-13(12-5-2-1-3-6-12)21-14(24)7-8-15-22-17(23-25-15)16-19-9-4-10-20-16/h4,9-10,12-13H,1-3,5-8,11,18H2,(H,21,24). The zero-order valence-corrected chi connectivity index (χ0v) is 14.2. The predicted molar refractivity (Wildman–Crippen MR) is 91.2 cm³/mol. The Morgan fingerprint density at radius 3 is 2.72 bits per heavy atom. The van der Waals surface area contributed by atoms with Gasteiger partial charge < -0.3 is 15.6 Å². The molecule has 0 saturated heterocycles. The molecule has 0 spiro atoms. The molecule has 1 aliphatic rings. The molecule has 134 valence electrons. The highest BCUT2D eigenvalue weighted by Crippen LogP contribution is 2.26. The monoisotopic (exact) mass is 344 g/mol. The Hall–Kier alpha value is -2.35. The van der Waals surface area contributed by atoms with Crippen LogP contribution in [0.5, 0.6) is 0 Å². The van der Waals surface area contributed by atoms with Crippen molar-refractivity contribution in [3.05, 3.63) is 24.4 Å². The van der Waals surface area contributed by atoms with Crippen LogP contribution in [-0.2, 0) is 11.2 Å². The molecule has 0 bridgehead atoms. The largest absolute Gasteiger partial charge is 0.352 e. The van der Waals surface area contributed by atoms with Gasteiger partial charge in [0.15, 0.2) is 0 Å². The van der Waals surface area contributed by atoms with Crippen molar-refractivity contribution < 1.29 is 9.32 Å². The first-order valence-corrected chi connectivity index (χ1v) is 8.85. The molecule has 1 atom stereocenters. The van der Waals surface area contributed by atoms with Crippen molar-refractivity contribution in [1.29, 1.82) is 0 Å². The molecule has 0 radical (unpaired) electrons. The molecule has 1 saturated carbocycles. The van der Waals surface area contributed by atoms with Crippen LogP contribution in [0.4, 0.5) is 0 Å². The summed E-state index contributed by atoms with van der Waals surface area (Å²) in [5.74, 6) is 1.60. The smallest absolute Gasteiger partial charge is 0.240 e. The highest BCUT2D eigenvalue weighted by atomic mass is 16.5. The molecule has 8 nitrogen and oxygen atoms in total. The lowest BCUT2D eigenvalue weighted by molar-refractivity contribution is -0.122. The first kappa shape index (κ1) is 17.5. The molecule has 1 unspecified atom stereocenters. The number of nitrogens with zero attached hydrogens (tertiary/aromatic N) is 4. The van der Waals surface area contributed by atoms with Gasteiger partial charge in [-0.2, -0.15) is 4.98 Å². The Morgan fingerprint density at radius 2 is 2.00 bits per heavy atom. The van der Waals surface area contributed by atoms with Crippen LogP contribution in [0.25, 0.3) is 11.6 Å². The highest BCUT2D eigenvalue weighted by molar-refractivity contribution is 5.76. The maximum atomic E-state index is 12.2. The summed E-state index contributed by atoms with van der Waals surface area (Å²) < 4.78 is 5.17. The third-order valence-electron chi connectivity index (χ3n) is 4.62. The quantitative estimate of drug-likeness (QED) is 0.780. The van der Waals surface area contributed by atoms with Gasteiger partial charge >= 0.3 is 0 Å². The molecule has 3 rings (SSSR count). The van der Waals surface area contributed by atoms with E-state index >= 15 is 0 Å². The van der Waals surface area contributed by atoms with Crippen molar-refractivity contribution in [3.8, 4) is 11.6 Å². The molecular weight excluding hydrogens is 320 g/mol. The van der Waals surface area contributed by atoms with Crippen molar-refractivity contribution in [1.82, 2.24) is 25.4 Å². The summed E-state index contributed by atoms with van der Waals surface area (Å²) in [6, 6.07) is 1.78. The minimum atomic E-state index is -0.0308. The van der Waals surface area contributed by atoms with Crippen molar-refractivity contribution in [3.63, 3.8) is 0 Å². The van der Waals surface area contributed by atoms with E-state index in [1.165, 1.54) is 19.3 Å². The zero-order chi connectivity index (χ0) is 17.5. The van der Waals surface area contributed by atoms with Gasteiger partial charge in [-0.15, -0.1) is 0 Å². The van der Waals surface area contributed by atoms with Gasteiger partial charge in [-0.1, -0.05) is 24.4 Å². The maximum absolute atomic E-state index is 12.2. The molecule has 2 aromatic rings. The van der Waals surface area contributed by atoms with Gasteiger partial charge in [-0.3, -0.25) is 4.79 Å². The zero-order valence-electron chi connectivity index (χ0n) is 14.2. The second-order valence-electron chi connectivity index (χ2n) is 6.39. The topological polar surface area (TPSA) is 120 Å². The molecule has 25 heavy (non-hydrogen) atoms. The maximum Gasteiger partial charge on any atom is 0.240 e. The molecule has 0 aromatic carbocycles. The van der Waals surface area contributed by atoms with Crippen LogP contribution in [0, 0.1) is 5.92 Å². The summed E-state index contributed by atoms with van der Waals surface area (Å²) in [4.78, 5) is 24.6. The first-order chi connectivity index (χ1) is 12.3. The summed E-state index contributed by atoms with van der Waals surface area (Å²) in [6.07, 6.45) is 9.93. The molecular formula is C17H24N6O2. The minimum absolute atomic E-state index is 0.0308. The second-order valence-corrected chi connectivity index (χ2v) is 6.39. The van der Waals surface area contributed by atoms with Crippen molar-refractivity contribution in [2.24, 2.45) is 11.7 Å².